The van der Waals surface area contributed by atoms with Gasteiger partial charge >= 0.3 is 174 Å². The number of amides is 6. The summed E-state index contributed by atoms with van der Waals surface area (Å²) in [5.74, 6) is -1.15. The Kier molecular flexibility index (Phi) is 49.0. The molecule has 4 rings (SSSR count). The number of alkyl carbamates (subject to hydrolysis) is 2. The number of esters is 1. The number of hydrogen-bond acceptors (Lipinski definition) is 18. The van der Waals surface area contributed by atoms with Gasteiger partial charge in [-0.25, -0.2) is 28.8 Å². The third-order valence-electron chi connectivity index (χ3n) is 11.4. The first-order valence-corrected chi connectivity index (χ1v) is 30.0. The summed E-state index contributed by atoms with van der Waals surface area (Å²) < 4.78 is 52.3. The number of carboxylic acids is 1. The maximum Gasteiger partial charge on any atom is 1.00 e. The summed E-state index contributed by atoms with van der Waals surface area (Å²) in [4.78, 5) is 109. The molecule has 95 heavy (non-hydrogen) atoms. The van der Waals surface area contributed by atoms with E-state index in [1.165, 1.54) is 37.6 Å². The van der Waals surface area contributed by atoms with Crippen LogP contribution in [0.15, 0.2) is 97.1 Å². The fraction of sp³-hybridized carbons (Fsp3) is 0.484. The van der Waals surface area contributed by atoms with Gasteiger partial charge in [0.05, 0.1) is 8.52 Å². The van der Waals surface area contributed by atoms with Crippen LogP contribution in [-0.2, 0) is 55.8 Å². The first-order chi connectivity index (χ1) is 43.8. The van der Waals surface area contributed by atoms with Crippen molar-refractivity contribution in [3.63, 3.8) is 0 Å². The Balaban J connectivity index is -0.000000679. The molecule has 0 aliphatic rings. The molecule has 0 saturated carbocycles. The average Bonchev–Trinajstić information content (AvgIpc) is 0.904. The summed E-state index contributed by atoms with van der Waals surface area (Å²) in [7, 11) is 2.14. The van der Waals surface area contributed by atoms with Crippen LogP contribution in [0.5, 0.6) is 11.5 Å². The van der Waals surface area contributed by atoms with Gasteiger partial charge in [-0.05, 0) is 186 Å². The van der Waals surface area contributed by atoms with Crippen LogP contribution in [0.3, 0.4) is 0 Å². The number of carbonyl (C=O) groups is 9. The maximum atomic E-state index is 12.8. The monoisotopic (exact) mass is 1640 g/mol. The molecule has 0 spiro atoms. The fourth-order valence-corrected chi connectivity index (χ4v) is 7.10. The number of ether oxygens (including phenoxy) is 7. The number of rotatable bonds is 26. The zero-order chi connectivity index (χ0) is 71.8. The van der Waals surface area contributed by atoms with Crippen molar-refractivity contribution in [2.45, 2.75) is 143 Å². The Hall–Kier alpha value is -4.23. The zero-order valence-corrected chi connectivity index (χ0v) is 71.8. The number of carbonyl (C=O) groups excluding carboxylic acids is 8. The largest absolute Gasteiger partial charge is 1.00 e. The van der Waals surface area contributed by atoms with E-state index in [2.05, 4.69) is 26.2 Å². The second-order valence-corrected chi connectivity index (χ2v) is 24.2. The van der Waals surface area contributed by atoms with E-state index in [0.717, 1.165) is 11.1 Å². The molecule has 2 atom stereocenters. The second kappa shape index (κ2) is 50.2. The summed E-state index contributed by atoms with van der Waals surface area (Å²) in [6.45, 7) is 22.0. The quantitative estimate of drug-likeness (QED) is 0.00839. The molecule has 0 saturated heterocycles. The van der Waals surface area contributed by atoms with Gasteiger partial charge in [0.2, 0.25) is 6.29 Å². The van der Waals surface area contributed by atoms with Crippen molar-refractivity contribution in [3.05, 3.63) is 129 Å². The van der Waals surface area contributed by atoms with Gasteiger partial charge in [-0.15, -0.1) is 0 Å². The molecule has 0 aliphatic carbocycles. The van der Waals surface area contributed by atoms with E-state index in [1.54, 1.807) is 142 Å². The molecule has 0 aliphatic heterocycles. The van der Waals surface area contributed by atoms with Crippen molar-refractivity contribution in [1.29, 1.82) is 0 Å². The van der Waals surface area contributed by atoms with Crippen LogP contribution in [0.25, 0.3) is 0 Å². The van der Waals surface area contributed by atoms with E-state index in [-0.39, 0.29) is 158 Å². The predicted molar refractivity (Wildman–Crippen MR) is 347 cm³/mol. The topological polar surface area (TPSA) is 325 Å². The van der Waals surface area contributed by atoms with E-state index >= 15 is 0 Å². The minimum absolute atomic E-state index is 0. The smallest absolute Gasteiger partial charge is 1.00 e. The molecule has 6 amide bonds. The molecule has 5 N–H and O–H groups in total. The molecule has 0 fully saturated rings. The number of nitrogens with one attached hydrogen (secondary N) is 4. The van der Waals surface area contributed by atoms with Crippen LogP contribution >= 0.6 is 34.8 Å². The normalized spacial score (nSPS) is 11.3. The van der Waals surface area contributed by atoms with Crippen molar-refractivity contribution in [2.75, 3.05) is 60.5 Å². The number of aliphatic carboxylic acids is 1. The van der Waals surface area contributed by atoms with Crippen LogP contribution in [0, 0.1) is 0 Å². The first kappa shape index (κ1) is 92.8. The van der Waals surface area contributed by atoms with Gasteiger partial charge in [0.15, 0.2) is 16.8 Å². The standard InChI is InChI=1S/C31H42ClN3O8.C19H20ClNO4.C12H23ClN2O4.CH3F.CH2O3.2Cs.H/c1-21(41-29(39)35(7)20-8-18-34-28(38)43-30(2,3)4)40-27(37)31(5,6)42-25-15-9-22(10-16-25)17-19-33-26(36)23-11-13-24(32)14-12-23;1-19(2,18(23)24)25-16-9-3-13(4-10-16)11-12-21-17(22)14-5-7-15(20)8-6-14;1-9(13)18-11(17)15(5)8-6-7-14-10(16)19-12(2,3)4;1-2;2-1-4-3;;;/h9-16,21H,8,17-20H2,1-7H3,(H,33,36)(H,34,38);3-10H,11-12H2,1-2H3,(H,21,22)(H,23,24);9H,6-8H2,1-5H3,(H,14,16);1H3;1,3H;;;/q;;;;;2*+1;-1/p-1/i;;;1D;;;;. The van der Waals surface area contributed by atoms with Crippen LogP contribution < -0.4 is 174 Å². The Labute approximate surface area is 691 Å². The molecule has 0 radical (unpaired) electrons. The van der Waals surface area contributed by atoms with E-state index in [1.807, 2.05) is 24.3 Å². The van der Waals surface area contributed by atoms with E-state index in [9.17, 15) is 42.7 Å². The number of halogens is 4. The summed E-state index contributed by atoms with van der Waals surface area (Å²) in [6.07, 6.45) is -1.00. The van der Waals surface area contributed by atoms with Crippen molar-refractivity contribution >= 4 is 89.4 Å². The number of benzene rings is 4. The molecule has 31 heteroatoms. The van der Waals surface area contributed by atoms with Gasteiger partial charge in [0, 0.05) is 81.5 Å². The van der Waals surface area contributed by atoms with E-state index in [0.29, 0.717) is 97.6 Å². The minimum atomic E-state index is -1.37. The summed E-state index contributed by atoms with van der Waals surface area (Å²) in [5.41, 5.74) is -1.35. The molecule has 0 aromatic heterocycles. The van der Waals surface area contributed by atoms with Gasteiger partial charge in [0.25, 0.3) is 18.3 Å². The third kappa shape index (κ3) is 45.9. The molecule has 2 unspecified atom stereocenters. The van der Waals surface area contributed by atoms with Crippen molar-refractivity contribution in [2.24, 2.45) is 0 Å². The van der Waals surface area contributed by atoms with Crippen LogP contribution in [0.2, 0.25) is 10.0 Å². The van der Waals surface area contributed by atoms with Crippen molar-refractivity contribution < 1.29 is 237 Å². The molecular formula is C64H90Cl3Cs2FN6O19. The summed E-state index contributed by atoms with van der Waals surface area (Å²) in [5, 5.41) is 29.6. The number of nitrogens with zero attached hydrogens (tertiary/aromatic N) is 2. The minimum Gasteiger partial charge on any atom is -1.00 e. The Morgan fingerprint density at radius 1 is 0.589 bits per heavy atom. The second-order valence-electron chi connectivity index (χ2n) is 22.7. The summed E-state index contributed by atoms with van der Waals surface area (Å²) >= 11 is 17.2. The number of hydrogen-bond donors (Lipinski definition) is 5. The van der Waals surface area contributed by atoms with Crippen molar-refractivity contribution in [1.82, 2.24) is 31.1 Å². The Morgan fingerprint density at radius 3 is 1.24 bits per heavy atom. The average molecular weight is 1640 g/mol. The fourth-order valence-electron chi connectivity index (χ4n) is 6.77. The van der Waals surface area contributed by atoms with Gasteiger partial charge in [0.1, 0.15) is 22.7 Å². The van der Waals surface area contributed by atoms with E-state index in [4.69, 9.17) is 84.5 Å². The Morgan fingerprint density at radius 2 is 0.926 bits per heavy atom. The van der Waals surface area contributed by atoms with Gasteiger partial charge < -0.3 is 80.9 Å². The summed E-state index contributed by atoms with van der Waals surface area (Å²) in [6, 6.07) is 27.6. The zero-order valence-electron chi connectivity index (χ0n) is 58.9. The molecule has 520 valence electrons. The van der Waals surface area contributed by atoms with Gasteiger partial charge in [-0.3, -0.25) is 18.8 Å². The number of alkyl halides is 2. The van der Waals surface area contributed by atoms with Crippen LogP contribution in [0.4, 0.5) is 23.6 Å². The van der Waals surface area contributed by atoms with E-state index < -0.39 is 77.7 Å². The first-order valence-electron chi connectivity index (χ1n) is 29.6. The number of carboxylic acid groups (broad SMARTS) is 1. The molecule has 25 nitrogen and oxygen atoms in total. The molecule has 4 aromatic rings. The third-order valence-corrected chi connectivity index (χ3v) is 11.9. The SMILES string of the molecule is CC(C)(Oc1ccc(CCNC(=O)c2ccc(Cl)cc2)cc1)C(=O)O.CC(Cl)OC(=O)N(C)CCCNC(=O)OC(C)(C)C.CC(OC(=O)N(C)CCCNC(=O)OC(C)(C)C)OC(=O)C(C)(C)Oc1ccc(CCNC(=O)c2ccc(Cl)cc2)cc1.O=CO[O-].[2H]CF.[Cs+].[Cs+].[H-]. The van der Waals surface area contributed by atoms with Gasteiger partial charge in [-0.2, -0.15) is 0 Å². The molecule has 0 bridgehead atoms. The Bertz CT molecular complexity index is 2960. The molecule has 0 heterocycles. The maximum absolute atomic E-state index is 12.8. The molecular weight excluding hydrogens is 1550 g/mol. The molecule has 4 aromatic carbocycles. The van der Waals surface area contributed by atoms with Crippen molar-refractivity contribution in [3.8, 4) is 11.5 Å². The van der Waals surface area contributed by atoms with Crippen LogP contribution in [-0.4, -0.2) is 164 Å². The van der Waals surface area contributed by atoms with Gasteiger partial charge in [-0.1, -0.05) is 59.1 Å². The van der Waals surface area contributed by atoms with Crippen LogP contribution in [0.1, 0.15) is 131 Å². The predicted octanol–water partition coefficient (Wildman–Crippen LogP) is 4.59.